The van der Waals surface area contributed by atoms with Crippen LogP contribution in [0.5, 0.6) is 0 Å². The minimum atomic E-state index is -0.252. The Balaban J connectivity index is 1.64. The highest BCUT2D eigenvalue weighted by atomic mass is 35.5. The van der Waals surface area contributed by atoms with Gasteiger partial charge in [0.15, 0.2) is 0 Å². The molecule has 1 saturated heterocycles. The van der Waals surface area contributed by atoms with Crippen LogP contribution in [0.4, 0.5) is 10.2 Å². The van der Waals surface area contributed by atoms with Crippen LogP contribution in [0.3, 0.4) is 0 Å². The molecule has 3 rings (SSSR count). The number of halogens is 3. The molecule has 0 unspecified atom stereocenters. The summed E-state index contributed by atoms with van der Waals surface area (Å²) >= 11 is 12.1. The van der Waals surface area contributed by atoms with Crippen LogP contribution in [0.2, 0.25) is 10.2 Å². The van der Waals surface area contributed by atoms with E-state index in [-0.39, 0.29) is 5.82 Å². The molecule has 0 radical (unpaired) electrons. The van der Waals surface area contributed by atoms with E-state index in [0.29, 0.717) is 28.1 Å². The summed E-state index contributed by atoms with van der Waals surface area (Å²) in [5, 5.41) is 0.929. The zero-order chi connectivity index (χ0) is 16.4. The van der Waals surface area contributed by atoms with E-state index in [0.717, 1.165) is 32.0 Å². The molecule has 2 aromatic rings. The average Bonchev–Trinajstić information content (AvgIpc) is 2.51. The third kappa shape index (κ3) is 3.91. The lowest BCUT2D eigenvalue weighted by Crippen LogP contribution is -2.46. The Hall–Kier alpha value is -1.43. The second kappa shape index (κ2) is 6.99. The van der Waals surface area contributed by atoms with E-state index in [2.05, 4.69) is 19.8 Å². The van der Waals surface area contributed by atoms with Crippen molar-refractivity contribution in [1.29, 1.82) is 0 Å². The van der Waals surface area contributed by atoms with Gasteiger partial charge in [0.05, 0.1) is 0 Å². The zero-order valence-corrected chi connectivity index (χ0v) is 14.3. The Bertz CT molecular complexity index is 662. The first-order chi connectivity index (χ1) is 11.0. The van der Waals surface area contributed by atoms with E-state index < -0.39 is 0 Å². The molecule has 23 heavy (non-hydrogen) atoms. The van der Waals surface area contributed by atoms with Crippen LogP contribution >= 0.6 is 23.2 Å². The summed E-state index contributed by atoms with van der Waals surface area (Å²) in [7, 11) is 0. The van der Waals surface area contributed by atoms with Gasteiger partial charge in [0, 0.05) is 49.4 Å². The molecule has 1 aromatic heterocycles. The number of piperazine rings is 1. The predicted octanol–water partition coefficient (Wildman–Crippen LogP) is 3.55. The Kier molecular flexibility index (Phi) is 4.99. The van der Waals surface area contributed by atoms with Gasteiger partial charge in [-0.1, -0.05) is 29.3 Å². The molecule has 0 amide bonds. The van der Waals surface area contributed by atoms with Gasteiger partial charge in [0.2, 0.25) is 0 Å². The van der Waals surface area contributed by atoms with E-state index in [4.69, 9.17) is 23.2 Å². The van der Waals surface area contributed by atoms with Crippen LogP contribution in [0.15, 0.2) is 24.3 Å². The number of rotatable bonds is 3. The van der Waals surface area contributed by atoms with Gasteiger partial charge in [-0.15, -0.1) is 0 Å². The van der Waals surface area contributed by atoms with Gasteiger partial charge in [0.25, 0.3) is 0 Å². The van der Waals surface area contributed by atoms with Crippen molar-refractivity contribution in [2.75, 3.05) is 31.1 Å². The van der Waals surface area contributed by atoms with E-state index in [1.165, 1.54) is 6.07 Å². The Morgan fingerprint density at radius 3 is 2.52 bits per heavy atom. The third-order valence-corrected chi connectivity index (χ3v) is 4.48. The van der Waals surface area contributed by atoms with E-state index in [1.807, 2.05) is 6.92 Å². The van der Waals surface area contributed by atoms with Crippen LogP contribution in [-0.4, -0.2) is 41.0 Å². The van der Waals surface area contributed by atoms with Gasteiger partial charge < -0.3 is 4.90 Å². The maximum Gasteiger partial charge on any atom is 0.134 e. The van der Waals surface area contributed by atoms with Gasteiger partial charge in [-0.3, -0.25) is 4.90 Å². The largest absolute Gasteiger partial charge is 0.354 e. The van der Waals surface area contributed by atoms with Gasteiger partial charge >= 0.3 is 0 Å². The van der Waals surface area contributed by atoms with E-state index in [1.54, 1.807) is 18.2 Å². The van der Waals surface area contributed by atoms with Crippen LogP contribution in [0.1, 0.15) is 11.4 Å². The summed E-state index contributed by atoms with van der Waals surface area (Å²) in [4.78, 5) is 12.9. The molecular formula is C16H17Cl2FN4. The number of anilines is 1. The first-order valence-corrected chi connectivity index (χ1v) is 8.20. The second-order valence-electron chi connectivity index (χ2n) is 5.56. The molecule has 1 aliphatic rings. The molecule has 7 heteroatoms. The lowest BCUT2D eigenvalue weighted by molar-refractivity contribution is 0.246. The molecule has 0 bridgehead atoms. The van der Waals surface area contributed by atoms with Crippen LogP contribution in [0, 0.1) is 12.7 Å². The summed E-state index contributed by atoms with van der Waals surface area (Å²) in [5.41, 5.74) is 0.559. The summed E-state index contributed by atoms with van der Waals surface area (Å²) in [6, 6.07) is 6.57. The van der Waals surface area contributed by atoms with E-state index in [9.17, 15) is 4.39 Å². The Morgan fingerprint density at radius 1 is 1.13 bits per heavy atom. The molecule has 0 N–H and O–H groups in total. The quantitative estimate of drug-likeness (QED) is 0.789. The van der Waals surface area contributed by atoms with Crippen molar-refractivity contribution in [2.24, 2.45) is 0 Å². The van der Waals surface area contributed by atoms with Gasteiger partial charge in [-0.25, -0.2) is 14.4 Å². The first kappa shape index (κ1) is 16.4. The van der Waals surface area contributed by atoms with Crippen molar-refractivity contribution < 1.29 is 4.39 Å². The molecule has 0 spiro atoms. The highest BCUT2D eigenvalue weighted by molar-refractivity contribution is 6.31. The molecular weight excluding hydrogens is 338 g/mol. The molecule has 1 aliphatic heterocycles. The second-order valence-corrected chi connectivity index (χ2v) is 6.35. The summed E-state index contributed by atoms with van der Waals surface area (Å²) < 4.78 is 13.9. The van der Waals surface area contributed by atoms with Crippen molar-refractivity contribution >= 4 is 29.0 Å². The van der Waals surface area contributed by atoms with Crippen LogP contribution in [-0.2, 0) is 6.54 Å². The number of hydrogen-bond acceptors (Lipinski definition) is 4. The van der Waals surface area contributed by atoms with Crippen LogP contribution < -0.4 is 4.90 Å². The molecule has 1 aromatic carbocycles. The van der Waals surface area contributed by atoms with Crippen molar-refractivity contribution in [3.8, 4) is 0 Å². The SMILES string of the molecule is Cc1nc(Cl)cc(N2CCN(Cc3c(F)cccc3Cl)CC2)n1. The smallest absolute Gasteiger partial charge is 0.134 e. The molecule has 1 fully saturated rings. The molecule has 2 heterocycles. The summed E-state index contributed by atoms with van der Waals surface area (Å²) in [6.07, 6.45) is 0. The van der Waals surface area contributed by atoms with Gasteiger partial charge in [-0.2, -0.15) is 0 Å². The van der Waals surface area contributed by atoms with Gasteiger partial charge in [0.1, 0.15) is 22.6 Å². The fraction of sp³-hybridized carbons (Fsp3) is 0.375. The maximum atomic E-state index is 13.9. The third-order valence-electron chi connectivity index (χ3n) is 3.93. The molecule has 0 aliphatic carbocycles. The monoisotopic (exact) mass is 354 g/mol. The van der Waals surface area contributed by atoms with Crippen molar-refractivity contribution in [3.05, 3.63) is 51.6 Å². The van der Waals surface area contributed by atoms with E-state index >= 15 is 0 Å². The minimum absolute atomic E-state index is 0.252. The molecule has 0 atom stereocenters. The fourth-order valence-corrected chi connectivity index (χ4v) is 3.16. The topological polar surface area (TPSA) is 32.3 Å². The van der Waals surface area contributed by atoms with Crippen LogP contribution in [0.25, 0.3) is 0 Å². The maximum absolute atomic E-state index is 13.9. The average molecular weight is 355 g/mol. The number of benzene rings is 1. The van der Waals surface area contributed by atoms with Crippen molar-refractivity contribution in [1.82, 2.24) is 14.9 Å². The number of nitrogens with zero attached hydrogens (tertiary/aromatic N) is 4. The summed E-state index contributed by atoms with van der Waals surface area (Å²) in [6.45, 7) is 5.57. The van der Waals surface area contributed by atoms with Gasteiger partial charge in [-0.05, 0) is 19.1 Å². The normalized spacial score (nSPS) is 15.9. The zero-order valence-electron chi connectivity index (χ0n) is 12.8. The number of aryl methyl sites for hydroxylation is 1. The van der Waals surface area contributed by atoms with Crippen molar-refractivity contribution in [3.63, 3.8) is 0 Å². The molecule has 4 nitrogen and oxygen atoms in total. The lowest BCUT2D eigenvalue weighted by Gasteiger charge is -2.35. The summed E-state index contributed by atoms with van der Waals surface area (Å²) in [5.74, 6) is 1.25. The molecule has 122 valence electrons. The Morgan fingerprint density at radius 2 is 1.87 bits per heavy atom. The Labute approximate surface area is 144 Å². The highest BCUT2D eigenvalue weighted by Crippen LogP contribution is 2.23. The van der Waals surface area contributed by atoms with Crippen molar-refractivity contribution in [2.45, 2.75) is 13.5 Å². The number of aromatic nitrogens is 2. The highest BCUT2D eigenvalue weighted by Gasteiger charge is 2.20. The molecule has 0 saturated carbocycles. The minimum Gasteiger partial charge on any atom is -0.354 e. The standard InChI is InChI=1S/C16H17Cl2FN4/c1-11-20-15(18)9-16(21-11)23-7-5-22(6-8-23)10-12-13(17)3-2-4-14(12)19/h2-4,9H,5-8,10H2,1H3. The predicted molar refractivity (Wildman–Crippen MR) is 90.7 cm³/mol. The number of hydrogen-bond donors (Lipinski definition) is 0. The lowest BCUT2D eigenvalue weighted by atomic mass is 10.2. The first-order valence-electron chi connectivity index (χ1n) is 7.44. The fourth-order valence-electron chi connectivity index (χ4n) is 2.72.